The van der Waals surface area contributed by atoms with Gasteiger partial charge in [0.05, 0.1) is 18.1 Å². The van der Waals surface area contributed by atoms with Gasteiger partial charge in [-0.3, -0.25) is 0 Å². The van der Waals surface area contributed by atoms with Gasteiger partial charge in [0.1, 0.15) is 0 Å². The zero-order chi connectivity index (χ0) is 13.9. The van der Waals surface area contributed by atoms with E-state index in [-0.39, 0.29) is 11.3 Å². The minimum absolute atomic E-state index is 0.125. The molecule has 1 fully saturated rings. The van der Waals surface area contributed by atoms with Crippen molar-refractivity contribution in [3.05, 3.63) is 5.82 Å². The number of rotatable bonds is 5. The Kier molecular flexibility index (Phi) is 4.51. The molecule has 0 aromatic carbocycles. The van der Waals surface area contributed by atoms with Crippen molar-refractivity contribution in [1.82, 2.24) is 25.5 Å². The Morgan fingerprint density at radius 2 is 2.26 bits per heavy atom. The fraction of sp³-hybridized carbons (Fsp3) is 0.909. The van der Waals surface area contributed by atoms with Crippen molar-refractivity contribution in [2.45, 2.75) is 43.9 Å². The Bertz CT molecular complexity index is 513. The third-order valence-corrected chi connectivity index (χ3v) is 5.84. The molecule has 2 rings (SSSR count). The summed E-state index contributed by atoms with van der Waals surface area (Å²) < 4.78 is 24.4. The molecule has 0 aliphatic carbocycles. The summed E-state index contributed by atoms with van der Waals surface area (Å²) in [7, 11) is -1.30. The molecule has 1 aromatic heterocycles. The summed E-state index contributed by atoms with van der Waals surface area (Å²) in [5.41, 5.74) is 0. The van der Waals surface area contributed by atoms with Gasteiger partial charge in [0, 0.05) is 12.5 Å². The van der Waals surface area contributed by atoms with Crippen LogP contribution < -0.4 is 5.32 Å². The number of hydrogen-bond acceptors (Lipinski definition) is 6. The molecule has 0 spiro atoms. The average Bonchev–Trinajstić information content (AvgIpc) is 2.74. The first-order chi connectivity index (χ1) is 9.03. The molecule has 2 atom stereocenters. The summed E-state index contributed by atoms with van der Waals surface area (Å²) in [5.74, 6) is 0.891. The minimum Gasteiger partial charge on any atom is -0.313 e. The second-order valence-electron chi connectivity index (χ2n) is 4.96. The fourth-order valence-corrected chi connectivity index (χ4v) is 4.76. The summed E-state index contributed by atoms with van der Waals surface area (Å²) in [6.45, 7) is 2.71. The number of likely N-dealkylation sites (N-methyl/N-ethyl adjacent to an activating group) is 1. The molecular formula is C11H21N5O2S. The predicted octanol–water partition coefficient (Wildman–Crippen LogP) is -0.302. The second kappa shape index (κ2) is 5.96. The Labute approximate surface area is 113 Å². The maximum Gasteiger partial charge on any atom is 0.176 e. The van der Waals surface area contributed by atoms with Gasteiger partial charge in [0.25, 0.3) is 0 Å². The smallest absolute Gasteiger partial charge is 0.176 e. The molecule has 1 saturated heterocycles. The maximum absolute atomic E-state index is 12.2. The van der Waals surface area contributed by atoms with Crippen molar-refractivity contribution >= 4 is 9.84 Å². The highest BCUT2D eigenvalue weighted by atomic mass is 32.2. The van der Waals surface area contributed by atoms with E-state index in [2.05, 4.69) is 20.7 Å². The molecular weight excluding hydrogens is 266 g/mol. The number of hydrogen-bond donors (Lipinski definition) is 1. The standard InChI is InChI=1S/C11H21N5O2S/c1-3-12-9(8-11-13-15-16(2)14-11)10-6-4-5-7-19(10,17)18/h9-10,12H,3-8H2,1-2H3. The van der Waals surface area contributed by atoms with Crippen molar-refractivity contribution < 1.29 is 8.42 Å². The van der Waals surface area contributed by atoms with Gasteiger partial charge in [-0.1, -0.05) is 13.3 Å². The van der Waals surface area contributed by atoms with Crippen LogP contribution in [0.1, 0.15) is 32.0 Å². The lowest BCUT2D eigenvalue weighted by Crippen LogP contribution is -2.48. The summed E-state index contributed by atoms with van der Waals surface area (Å²) in [6.07, 6.45) is 2.98. The van der Waals surface area contributed by atoms with Crippen LogP contribution in [0.25, 0.3) is 0 Å². The number of nitrogens with zero attached hydrogens (tertiary/aromatic N) is 4. The fourth-order valence-electron chi connectivity index (χ4n) is 2.63. The Morgan fingerprint density at radius 1 is 1.47 bits per heavy atom. The van der Waals surface area contributed by atoms with Crippen molar-refractivity contribution in [2.75, 3.05) is 12.3 Å². The van der Waals surface area contributed by atoms with E-state index in [1.807, 2.05) is 6.92 Å². The van der Waals surface area contributed by atoms with E-state index in [4.69, 9.17) is 0 Å². The lowest BCUT2D eigenvalue weighted by molar-refractivity contribution is 0.435. The van der Waals surface area contributed by atoms with Gasteiger partial charge < -0.3 is 5.32 Å². The van der Waals surface area contributed by atoms with Gasteiger partial charge in [-0.05, 0) is 24.6 Å². The van der Waals surface area contributed by atoms with Crippen LogP contribution in [0.5, 0.6) is 0 Å². The van der Waals surface area contributed by atoms with Crippen LogP contribution in [0.4, 0.5) is 0 Å². The molecule has 2 heterocycles. The molecule has 1 aromatic rings. The van der Waals surface area contributed by atoms with E-state index in [9.17, 15) is 8.42 Å². The molecule has 0 amide bonds. The number of aryl methyl sites for hydroxylation is 1. The molecule has 0 saturated carbocycles. The van der Waals surface area contributed by atoms with Gasteiger partial charge in [0.2, 0.25) is 0 Å². The molecule has 0 radical (unpaired) electrons. The monoisotopic (exact) mass is 287 g/mol. The van der Waals surface area contributed by atoms with E-state index < -0.39 is 9.84 Å². The van der Waals surface area contributed by atoms with Crippen LogP contribution >= 0.6 is 0 Å². The first-order valence-electron chi connectivity index (χ1n) is 6.70. The molecule has 108 valence electrons. The third-order valence-electron chi connectivity index (χ3n) is 3.50. The van der Waals surface area contributed by atoms with E-state index in [0.717, 1.165) is 25.8 Å². The molecule has 1 aliphatic heterocycles. The Balaban J connectivity index is 2.14. The molecule has 1 N–H and O–H groups in total. The number of tetrazole rings is 1. The topological polar surface area (TPSA) is 89.8 Å². The molecule has 8 heteroatoms. The number of nitrogens with one attached hydrogen (secondary N) is 1. The highest BCUT2D eigenvalue weighted by Crippen LogP contribution is 2.23. The lowest BCUT2D eigenvalue weighted by Gasteiger charge is -2.29. The maximum atomic E-state index is 12.2. The van der Waals surface area contributed by atoms with Crippen molar-refractivity contribution in [1.29, 1.82) is 0 Å². The first kappa shape index (κ1) is 14.4. The van der Waals surface area contributed by atoms with Crippen LogP contribution in [-0.2, 0) is 23.3 Å². The largest absolute Gasteiger partial charge is 0.313 e. The van der Waals surface area contributed by atoms with Crippen LogP contribution in [0, 0.1) is 0 Å². The quantitative estimate of drug-likeness (QED) is 0.799. The van der Waals surface area contributed by atoms with E-state index in [1.165, 1.54) is 4.80 Å². The van der Waals surface area contributed by atoms with Crippen LogP contribution in [0.15, 0.2) is 0 Å². The normalized spacial score (nSPS) is 24.2. The number of sulfone groups is 1. The summed E-state index contributed by atoms with van der Waals surface area (Å²) in [6, 6.07) is -0.125. The van der Waals surface area contributed by atoms with Crippen molar-refractivity contribution in [3.8, 4) is 0 Å². The molecule has 2 unspecified atom stereocenters. The highest BCUT2D eigenvalue weighted by Gasteiger charge is 2.35. The molecule has 7 nitrogen and oxygen atoms in total. The minimum atomic E-state index is -3.00. The Hall–Kier alpha value is -1.02. The zero-order valence-corrected chi connectivity index (χ0v) is 12.2. The van der Waals surface area contributed by atoms with Crippen molar-refractivity contribution in [2.24, 2.45) is 7.05 Å². The van der Waals surface area contributed by atoms with E-state index in [0.29, 0.717) is 18.0 Å². The zero-order valence-electron chi connectivity index (χ0n) is 11.4. The van der Waals surface area contributed by atoms with Gasteiger partial charge in [-0.15, -0.1) is 10.2 Å². The van der Waals surface area contributed by atoms with Gasteiger partial charge >= 0.3 is 0 Å². The average molecular weight is 287 g/mol. The third kappa shape index (κ3) is 3.50. The van der Waals surface area contributed by atoms with Crippen LogP contribution in [0.2, 0.25) is 0 Å². The van der Waals surface area contributed by atoms with E-state index >= 15 is 0 Å². The van der Waals surface area contributed by atoms with Gasteiger partial charge in [0.15, 0.2) is 15.7 Å². The Morgan fingerprint density at radius 3 is 2.84 bits per heavy atom. The lowest BCUT2D eigenvalue weighted by atomic mass is 10.0. The first-order valence-corrected chi connectivity index (χ1v) is 8.42. The van der Waals surface area contributed by atoms with Crippen LogP contribution in [0.3, 0.4) is 0 Å². The second-order valence-corrected chi connectivity index (χ2v) is 7.30. The SMILES string of the molecule is CCNC(Cc1nnn(C)n1)C1CCCCS1(=O)=O. The van der Waals surface area contributed by atoms with Crippen molar-refractivity contribution in [3.63, 3.8) is 0 Å². The van der Waals surface area contributed by atoms with E-state index in [1.54, 1.807) is 7.05 Å². The number of aromatic nitrogens is 4. The molecule has 19 heavy (non-hydrogen) atoms. The summed E-state index contributed by atoms with van der Waals surface area (Å²) in [4.78, 5) is 1.40. The summed E-state index contributed by atoms with van der Waals surface area (Å²) >= 11 is 0. The predicted molar refractivity (Wildman–Crippen MR) is 71.4 cm³/mol. The van der Waals surface area contributed by atoms with Gasteiger partial charge in [-0.25, -0.2) is 8.42 Å². The molecule has 1 aliphatic rings. The van der Waals surface area contributed by atoms with Crippen LogP contribution in [-0.4, -0.2) is 52.2 Å². The van der Waals surface area contributed by atoms with Gasteiger partial charge in [-0.2, -0.15) is 4.80 Å². The summed E-state index contributed by atoms with van der Waals surface area (Å²) in [5, 5.41) is 14.8. The molecule has 0 bridgehead atoms. The highest BCUT2D eigenvalue weighted by molar-refractivity contribution is 7.92.